The lowest BCUT2D eigenvalue weighted by atomic mass is 9.83. The third kappa shape index (κ3) is 5.71. The van der Waals surface area contributed by atoms with Crippen LogP contribution in [0.4, 0.5) is 4.79 Å². The number of likely N-dealkylation sites (tertiary alicyclic amines) is 1. The molecule has 1 amide bonds. The number of benzene rings is 1. The first-order valence-electron chi connectivity index (χ1n) is 10.4. The maximum atomic E-state index is 12.1. The highest BCUT2D eigenvalue weighted by Crippen LogP contribution is 2.34. The van der Waals surface area contributed by atoms with Crippen LogP contribution in [0.5, 0.6) is 0 Å². The van der Waals surface area contributed by atoms with E-state index in [1.807, 2.05) is 6.07 Å². The molecule has 1 N–H and O–H groups in total. The number of nitrogens with zero attached hydrogens (tertiary/aromatic N) is 1. The van der Waals surface area contributed by atoms with E-state index >= 15 is 0 Å². The minimum absolute atomic E-state index is 0.0127. The number of hydrogen-bond donors (Lipinski definition) is 1. The van der Waals surface area contributed by atoms with Gasteiger partial charge in [-0.25, -0.2) is 17.9 Å². The summed E-state index contributed by atoms with van der Waals surface area (Å²) in [5.41, 5.74) is 1.38. The Hall–Kier alpha value is -1.64. The summed E-state index contributed by atoms with van der Waals surface area (Å²) in [4.78, 5) is 13.7. The highest BCUT2D eigenvalue weighted by molar-refractivity contribution is 7.89. The van der Waals surface area contributed by atoms with E-state index in [-0.39, 0.29) is 23.9 Å². The predicted molar refractivity (Wildman–Crippen MR) is 111 cm³/mol. The summed E-state index contributed by atoms with van der Waals surface area (Å²) >= 11 is 0. The smallest absolute Gasteiger partial charge is 0.409 e. The molecule has 7 nitrogen and oxygen atoms in total. The van der Waals surface area contributed by atoms with Gasteiger partial charge in [0.2, 0.25) is 10.0 Å². The van der Waals surface area contributed by atoms with E-state index in [1.54, 1.807) is 11.8 Å². The van der Waals surface area contributed by atoms with Crippen LogP contribution in [0.15, 0.2) is 30.3 Å². The normalized spacial score (nSPS) is 27.7. The molecule has 2 atom stereocenters. The van der Waals surface area contributed by atoms with Crippen molar-refractivity contribution < 1.29 is 22.7 Å². The highest BCUT2D eigenvalue weighted by Gasteiger charge is 2.40. The maximum Gasteiger partial charge on any atom is 0.409 e. The number of methoxy groups -OCH3 is 1. The van der Waals surface area contributed by atoms with Crippen LogP contribution < -0.4 is 4.72 Å². The molecular weight excluding hydrogens is 392 g/mol. The molecule has 1 aliphatic carbocycles. The number of rotatable bonds is 7. The Labute approximate surface area is 173 Å². The number of carbonyl (C=O) groups excluding carboxylic acids is 1. The summed E-state index contributed by atoms with van der Waals surface area (Å²) in [5, 5.41) is 0. The molecule has 2 fully saturated rings. The third-order valence-corrected chi connectivity index (χ3v) is 7.54. The van der Waals surface area contributed by atoms with Gasteiger partial charge in [-0.05, 0) is 50.5 Å². The predicted octanol–water partition coefficient (Wildman–Crippen LogP) is 2.88. The summed E-state index contributed by atoms with van der Waals surface area (Å²) in [6.07, 6.45) is 4.34. The molecule has 0 bridgehead atoms. The van der Waals surface area contributed by atoms with Crippen molar-refractivity contribution in [2.24, 2.45) is 0 Å². The first-order valence-corrected chi connectivity index (χ1v) is 12.1. The minimum atomic E-state index is -3.36. The van der Waals surface area contributed by atoms with Gasteiger partial charge in [-0.1, -0.05) is 30.3 Å². The summed E-state index contributed by atoms with van der Waals surface area (Å²) in [6, 6.07) is 9.87. The Kier molecular flexibility index (Phi) is 7.54. The highest BCUT2D eigenvalue weighted by atomic mass is 32.2. The molecule has 1 saturated carbocycles. The van der Waals surface area contributed by atoms with E-state index in [9.17, 15) is 13.2 Å². The van der Waals surface area contributed by atoms with Gasteiger partial charge < -0.3 is 14.4 Å². The fourth-order valence-corrected chi connectivity index (χ4v) is 5.28. The molecule has 2 aliphatic rings. The average Bonchev–Trinajstić information content (AvgIpc) is 3.14. The van der Waals surface area contributed by atoms with Gasteiger partial charge in [-0.2, -0.15) is 0 Å². The number of sulfonamides is 1. The molecule has 0 aromatic heterocycles. The van der Waals surface area contributed by atoms with E-state index in [0.29, 0.717) is 25.5 Å². The molecule has 0 unspecified atom stereocenters. The standard InChI is InChI=1S/C21H32N2O5S/c1-3-29(25,26)22-19-13-14-23(21(24)27-2)20(19)15-28-18-11-9-17(10-12-18)16-7-5-4-6-8-16/h4-8,17-20,22H,3,9-15H2,1-2H3/t17-,18+,19-,20-/m0/s1. The second-order valence-corrected chi connectivity index (χ2v) is 9.91. The van der Waals surface area contributed by atoms with Gasteiger partial charge in [-0.15, -0.1) is 0 Å². The first kappa shape index (κ1) is 22.1. The summed E-state index contributed by atoms with van der Waals surface area (Å²) in [7, 11) is -2.02. The number of carbonyl (C=O) groups is 1. The zero-order chi connectivity index (χ0) is 20.9. The second-order valence-electron chi connectivity index (χ2n) is 7.86. The molecule has 3 rings (SSSR count). The van der Waals surface area contributed by atoms with Gasteiger partial charge >= 0.3 is 6.09 Å². The molecule has 1 heterocycles. The van der Waals surface area contributed by atoms with Crippen LogP contribution in [0.2, 0.25) is 0 Å². The van der Waals surface area contributed by atoms with Crippen LogP contribution in [0.3, 0.4) is 0 Å². The fourth-order valence-electron chi connectivity index (χ4n) is 4.38. The van der Waals surface area contributed by atoms with E-state index in [1.165, 1.54) is 12.7 Å². The molecule has 29 heavy (non-hydrogen) atoms. The van der Waals surface area contributed by atoms with Crippen LogP contribution in [0.25, 0.3) is 0 Å². The zero-order valence-electron chi connectivity index (χ0n) is 17.2. The monoisotopic (exact) mass is 424 g/mol. The van der Waals surface area contributed by atoms with Crippen LogP contribution in [0, 0.1) is 0 Å². The number of nitrogens with one attached hydrogen (secondary N) is 1. The van der Waals surface area contributed by atoms with E-state index in [2.05, 4.69) is 29.0 Å². The maximum absolute atomic E-state index is 12.1. The van der Waals surface area contributed by atoms with Crippen molar-refractivity contribution in [2.45, 2.75) is 63.1 Å². The Balaban J connectivity index is 1.56. The molecular formula is C21H32N2O5S. The lowest BCUT2D eigenvalue weighted by molar-refractivity contribution is -0.00535. The quantitative estimate of drug-likeness (QED) is 0.728. The van der Waals surface area contributed by atoms with Gasteiger partial charge in [-0.3, -0.25) is 0 Å². The Morgan fingerprint density at radius 3 is 2.45 bits per heavy atom. The van der Waals surface area contributed by atoms with Gasteiger partial charge in [0, 0.05) is 12.6 Å². The molecule has 0 radical (unpaired) electrons. The number of amides is 1. The molecule has 1 saturated heterocycles. The fraction of sp³-hybridized carbons (Fsp3) is 0.667. The molecule has 1 aliphatic heterocycles. The minimum Gasteiger partial charge on any atom is -0.453 e. The van der Waals surface area contributed by atoms with Crippen molar-refractivity contribution >= 4 is 16.1 Å². The van der Waals surface area contributed by atoms with E-state index in [0.717, 1.165) is 25.7 Å². The Morgan fingerprint density at radius 2 is 1.83 bits per heavy atom. The largest absolute Gasteiger partial charge is 0.453 e. The number of hydrogen-bond acceptors (Lipinski definition) is 5. The van der Waals surface area contributed by atoms with Crippen LogP contribution in [0.1, 0.15) is 50.5 Å². The van der Waals surface area contributed by atoms with Gasteiger partial charge in [0.15, 0.2) is 0 Å². The van der Waals surface area contributed by atoms with Gasteiger partial charge in [0.05, 0.1) is 31.6 Å². The van der Waals surface area contributed by atoms with Crippen molar-refractivity contribution in [3.63, 3.8) is 0 Å². The molecule has 8 heteroatoms. The first-order chi connectivity index (χ1) is 13.9. The SMILES string of the molecule is CCS(=O)(=O)N[C@H]1CCN(C(=O)OC)[C@H]1CO[C@H]1CC[C@@H](c2ccccc2)CC1. The Bertz CT molecular complexity index is 763. The Morgan fingerprint density at radius 1 is 1.14 bits per heavy atom. The average molecular weight is 425 g/mol. The van der Waals surface area contributed by atoms with Crippen molar-refractivity contribution in [1.82, 2.24) is 9.62 Å². The van der Waals surface area contributed by atoms with Crippen LogP contribution >= 0.6 is 0 Å². The molecule has 162 valence electrons. The number of ether oxygens (including phenoxy) is 2. The van der Waals surface area contributed by atoms with Crippen molar-refractivity contribution in [3.8, 4) is 0 Å². The van der Waals surface area contributed by atoms with E-state index in [4.69, 9.17) is 9.47 Å². The van der Waals surface area contributed by atoms with E-state index < -0.39 is 16.1 Å². The van der Waals surface area contributed by atoms with Crippen LogP contribution in [-0.4, -0.2) is 63.6 Å². The van der Waals surface area contributed by atoms with Crippen LogP contribution in [-0.2, 0) is 19.5 Å². The zero-order valence-corrected chi connectivity index (χ0v) is 18.1. The van der Waals surface area contributed by atoms with Crippen molar-refractivity contribution in [2.75, 3.05) is 26.0 Å². The summed E-state index contributed by atoms with van der Waals surface area (Å²) in [6.45, 7) is 2.37. The molecule has 0 spiro atoms. The summed E-state index contributed by atoms with van der Waals surface area (Å²) in [5.74, 6) is 0.580. The van der Waals surface area contributed by atoms with Gasteiger partial charge in [0.1, 0.15) is 0 Å². The third-order valence-electron chi connectivity index (χ3n) is 6.11. The lowest BCUT2D eigenvalue weighted by Crippen LogP contribution is -2.50. The molecule has 1 aromatic rings. The van der Waals surface area contributed by atoms with Crippen molar-refractivity contribution in [3.05, 3.63) is 35.9 Å². The summed E-state index contributed by atoms with van der Waals surface area (Å²) < 4.78 is 37.8. The van der Waals surface area contributed by atoms with Crippen molar-refractivity contribution in [1.29, 1.82) is 0 Å². The second kappa shape index (κ2) is 9.91. The molecule has 1 aromatic carbocycles. The van der Waals surface area contributed by atoms with Gasteiger partial charge in [0.25, 0.3) is 0 Å². The topological polar surface area (TPSA) is 84.9 Å². The lowest BCUT2D eigenvalue weighted by Gasteiger charge is -2.32.